The number of nitrogens with zero attached hydrogens (tertiary/aromatic N) is 1. The monoisotopic (exact) mass is 356 g/mol. The van der Waals surface area contributed by atoms with Gasteiger partial charge in [-0.2, -0.15) is 0 Å². The lowest BCUT2D eigenvalue weighted by Gasteiger charge is -2.09. The highest BCUT2D eigenvalue weighted by Gasteiger charge is 2.18. The Hall–Kier alpha value is -3.42. The smallest absolute Gasteiger partial charge is 0.293 e. The molecule has 0 aliphatic carbocycles. The Bertz CT molecular complexity index is 793. The molecule has 2 aromatic rings. The maximum atomic E-state index is 12.1. The maximum Gasteiger partial charge on any atom is 0.293 e. The van der Waals surface area contributed by atoms with Crippen molar-refractivity contribution in [3.05, 3.63) is 69.8 Å². The van der Waals surface area contributed by atoms with Crippen LogP contribution in [0.5, 0.6) is 0 Å². The van der Waals surface area contributed by atoms with E-state index in [0.29, 0.717) is 18.8 Å². The number of rotatable bonds is 8. The van der Waals surface area contributed by atoms with Gasteiger partial charge in [-0.25, -0.2) is 0 Å². The van der Waals surface area contributed by atoms with E-state index in [0.717, 1.165) is 5.56 Å². The number of nitro groups is 1. The van der Waals surface area contributed by atoms with Gasteiger partial charge in [-0.15, -0.1) is 0 Å². The minimum atomic E-state index is -0.548. The van der Waals surface area contributed by atoms with Gasteiger partial charge in [0.15, 0.2) is 0 Å². The molecule has 0 unspecified atom stereocenters. The van der Waals surface area contributed by atoms with E-state index in [1.165, 1.54) is 18.2 Å². The lowest BCUT2D eigenvalue weighted by Crippen LogP contribution is -2.36. The van der Waals surface area contributed by atoms with Crippen molar-refractivity contribution < 1.29 is 14.5 Å². The summed E-state index contributed by atoms with van der Waals surface area (Å²) in [5.41, 5.74) is 1.21. The number of likely N-dealkylation sites (N-methyl/N-ethyl adjacent to an activating group) is 1. The van der Waals surface area contributed by atoms with Crippen molar-refractivity contribution in [2.75, 3.05) is 18.4 Å². The van der Waals surface area contributed by atoms with Gasteiger partial charge in [0.1, 0.15) is 5.69 Å². The highest BCUT2D eigenvalue weighted by molar-refractivity contribution is 5.97. The number of carbonyl (C=O) groups excluding carboxylic acids is 2. The van der Waals surface area contributed by atoms with Crippen LogP contribution in [0.15, 0.2) is 48.5 Å². The fourth-order valence-corrected chi connectivity index (χ4v) is 2.29. The number of nitro benzene ring substituents is 1. The molecule has 26 heavy (non-hydrogen) atoms. The van der Waals surface area contributed by atoms with Gasteiger partial charge in [0.25, 0.3) is 11.6 Å². The van der Waals surface area contributed by atoms with Crippen LogP contribution in [0.1, 0.15) is 22.8 Å². The Labute approximate surface area is 150 Å². The molecule has 0 atom stereocenters. The first kappa shape index (κ1) is 18.9. The lowest BCUT2D eigenvalue weighted by molar-refractivity contribution is -0.384. The molecule has 0 aliphatic rings. The molecule has 8 nitrogen and oxygen atoms in total. The van der Waals surface area contributed by atoms with E-state index >= 15 is 0 Å². The molecule has 0 saturated heterocycles. The molecular formula is C18H20N4O4. The van der Waals surface area contributed by atoms with Crippen LogP contribution in [-0.2, 0) is 11.3 Å². The summed E-state index contributed by atoms with van der Waals surface area (Å²) in [6.45, 7) is 2.46. The third-order valence-electron chi connectivity index (χ3n) is 3.57. The number of amides is 2. The van der Waals surface area contributed by atoms with E-state index in [4.69, 9.17) is 0 Å². The Kier molecular flexibility index (Phi) is 6.67. The van der Waals surface area contributed by atoms with Gasteiger partial charge < -0.3 is 16.0 Å². The molecule has 0 fully saturated rings. The van der Waals surface area contributed by atoms with E-state index in [-0.39, 0.29) is 23.7 Å². The van der Waals surface area contributed by atoms with Crippen LogP contribution in [0.2, 0.25) is 0 Å². The van der Waals surface area contributed by atoms with Crippen LogP contribution in [0, 0.1) is 10.1 Å². The van der Waals surface area contributed by atoms with Crippen LogP contribution in [0.3, 0.4) is 0 Å². The largest absolute Gasteiger partial charge is 0.375 e. The lowest BCUT2D eigenvalue weighted by atomic mass is 10.1. The first-order chi connectivity index (χ1) is 12.5. The second-order valence-electron chi connectivity index (χ2n) is 5.46. The van der Waals surface area contributed by atoms with E-state index in [1.807, 2.05) is 30.3 Å². The highest BCUT2D eigenvalue weighted by Crippen LogP contribution is 2.26. The molecular weight excluding hydrogens is 336 g/mol. The molecule has 0 heterocycles. The van der Waals surface area contributed by atoms with Crippen LogP contribution >= 0.6 is 0 Å². The first-order valence-corrected chi connectivity index (χ1v) is 8.12. The molecule has 0 saturated carbocycles. The van der Waals surface area contributed by atoms with Crippen molar-refractivity contribution in [3.8, 4) is 0 Å². The molecule has 0 bridgehead atoms. The Balaban J connectivity index is 2.08. The van der Waals surface area contributed by atoms with Crippen molar-refractivity contribution in [2.45, 2.75) is 13.5 Å². The predicted octanol–water partition coefficient (Wildman–Crippen LogP) is 2.07. The number of anilines is 1. The van der Waals surface area contributed by atoms with Gasteiger partial charge in [0.2, 0.25) is 5.91 Å². The molecule has 2 rings (SSSR count). The molecule has 0 aromatic heterocycles. The van der Waals surface area contributed by atoms with E-state index in [1.54, 1.807) is 6.92 Å². The SMILES string of the molecule is CCNC(=O)CNC(=O)c1ccc(NCc2ccccc2)c([N+](=O)[O-])c1. The van der Waals surface area contributed by atoms with Crippen molar-refractivity contribution in [2.24, 2.45) is 0 Å². The number of benzene rings is 2. The maximum absolute atomic E-state index is 12.1. The zero-order valence-corrected chi connectivity index (χ0v) is 14.3. The summed E-state index contributed by atoms with van der Waals surface area (Å²) in [4.78, 5) is 34.2. The minimum Gasteiger partial charge on any atom is -0.375 e. The Morgan fingerprint density at radius 1 is 1.08 bits per heavy atom. The number of hydrogen-bond acceptors (Lipinski definition) is 5. The fraction of sp³-hybridized carbons (Fsp3) is 0.222. The molecule has 0 radical (unpaired) electrons. The van der Waals surface area contributed by atoms with Crippen LogP contribution in [-0.4, -0.2) is 29.8 Å². The van der Waals surface area contributed by atoms with Crippen LogP contribution in [0.25, 0.3) is 0 Å². The van der Waals surface area contributed by atoms with Crippen molar-refractivity contribution in [1.82, 2.24) is 10.6 Å². The van der Waals surface area contributed by atoms with Crippen molar-refractivity contribution >= 4 is 23.2 Å². The van der Waals surface area contributed by atoms with E-state index in [9.17, 15) is 19.7 Å². The van der Waals surface area contributed by atoms with Gasteiger partial charge in [-0.05, 0) is 24.6 Å². The Morgan fingerprint density at radius 2 is 1.81 bits per heavy atom. The number of nitrogens with one attached hydrogen (secondary N) is 3. The van der Waals surface area contributed by atoms with Gasteiger partial charge in [-0.1, -0.05) is 30.3 Å². The molecule has 3 N–H and O–H groups in total. The van der Waals surface area contributed by atoms with Gasteiger partial charge in [-0.3, -0.25) is 19.7 Å². The third-order valence-corrected chi connectivity index (χ3v) is 3.57. The molecule has 2 aromatic carbocycles. The normalized spacial score (nSPS) is 10.0. The topological polar surface area (TPSA) is 113 Å². The quantitative estimate of drug-likeness (QED) is 0.495. The summed E-state index contributed by atoms with van der Waals surface area (Å²) in [6.07, 6.45) is 0. The predicted molar refractivity (Wildman–Crippen MR) is 97.9 cm³/mol. The summed E-state index contributed by atoms with van der Waals surface area (Å²) in [7, 11) is 0. The highest BCUT2D eigenvalue weighted by atomic mass is 16.6. The molecule has 0 spiro atoms. The zero-order chi connectivity index (χ0) is 18.9. The van der Waals surface area contributed by atoms with Crippen molar-refractivity contribution in [3.63, 3.8) is 0 Å². The fourth-order valence-electron chi connectivity index (χ4n) is 2.29. The summed E-state index contributed by atoms with van der Waals surface area (Å²) in [5, 5.41) is 19.3. The van der Waals surface area contributed by atoms with Crippen molar-refractivity contribution in [1.29, 1.82) is 0 Å². The van der Waals surface area contributed by atoms with E-state index < -0.39 is 10.8 Å². The number of carbonyl (C=O) groups is 2. The molecule has 0 aliphatic heterocycles. The molecule has 136 valence electrons. The molecule has 2 amide bonds. The van der Waals surface area contributed by atoms with Crippen LogP contribution in [0.4, 0.5) is 11.4 Å². The van der Waals surface area contributed by atoms with Gasteiger partial charge >= 0.3 is 0 Å². The third kappa shape index (κ3) is 5.30. The second kappa shape index (κ2) is 9.16. The average molecular weight is 356 g/mol. The van der Waals surface area contributed by atoms with Gasteiger partial charge in [0.05, 0.1) is 11.5 Å². The molecule has 8 heteroatoms. The standard InChI is InChI=1S/C18H20N4O4/c1-2-19-17(23)12-21-18(24)14-8-9-15(16(10-14)22(25)26)20-11-13-6-4-3-5-7-13/h3-10,20H,2,11-12H2,1H3,(H,19,23)(H,21,24). The zero-order valence-electron chi connectivity index (χ0n) is 14.3. The summed E-state index contributed by atoms with van der Waals surface area (Å²) >= 11 is 0. The minimum absolute atomic E-state index is 0.117. The summed E-state index contributed by atoms with van der Waals surface area (Å²) in [5.74, 6) is -0.870. The number of hydrogen-bond donors (Lipinski definition) is 3. The summed E-state index contributed by atoms with van der Waals surface area (Å²) in [6, 6.07) is 13.6. The van der Waals surface area contributed by atoms with Crippen LogP contribution < -0.4 is 16.0 Å². The second-order valence-corrected chi connectivity index (χ2v) is 5.46. The first-order valence-electron chi connectivity index (χ1n) is 8.12. The summed E-state index contributed by atoms with van der Waals surface area (Å²) < 4.78 is 0. The van der Waals surface area contributed by atoms with Gasteiger partial charge in [0, 0.05) is 24.7 Å². The Morgan fingerprint density at radius 3 is 2.46 bits per heavy atom. The average Bonchev–Trinajstić information content (AvgIpc) is 2.65. The van der Waals surface area contributed by atoms with E-state index in [2.05, 4.69) is 16.0 Å².